The van der Waals surface area contributed by atoms with Gasteiger partial charge in [0.1, 0.15) is 0 Å². The van der Waals surface area contributed by atoms with Crippen molar-refractivity contribution in [3.8, 4) is 0 Å². The highest BCUT2D eigenvalue weighted by atomic mass is 79.9. The Morgan fingerprint density at radius 1 is 1.29 bits per heavy atom. The Morgan fingerprint density at radius 3 is 2.65 bits per heavy atom. The summed E-state index contributed by atoms with van der Waals surface area (Å²) in [5.74, 6) is 0.107. The maximum absolute atomic E-state index is 12.2. The van der Waals surface area contributed by atoms with Crippen LogP contribution < -0.4 is 0 Å². The maximum atomic E-state index is 12.2. The summed E-state index contributed by atoms with van der Waals surface area (Å²) in [4.78, 5) is 14.3. The maximum Gasteiger partial charge on any atom is 0.202 e. The van der Waals surface area contributed by atoms with Crippen LogP contribution in [0, 0.1) is 6.92 Å². The van der Waals surface area contributed by atoms with Crippen LogP contribution in [0.25, 0.3) is 0 Å². The van der Waals surface area contributed by atoms with Gasteiger partial charge in [0.05, 0.1) is 4.88 Å². The number of hydrogen-bond donors (Lipinski definition) is 0. The van der Waals surface area contributed by atoms with Gasteiger partial charge < -0.3 is 0 Å². The first-order valence-electron chi connectivity index (χ1n) is 5.51. The third-order valence-corrected chi connectivity index (χ3v) is 4.75. The molecule has 0 atom stereocenters. The van der Waals surface area contributed by atoms with Gasteiger partial charge in [-0.1, -0.05) is 35.0 Å². The summed E-state index contributed by atoms with van der Waals surface area (Å²) in [6.45, 7) is 4.11. The molecule has 0 spiro atoms. The third-order valence-electron chi connectivity index (χ3n) is 2.67. The van der Waals surface area contributed by atoms with Crippen molar-refractivity contribution in [2.45, 2.75) is 20.3 Å². The Bertz CT molecular complexity index is 557. The molecule has 0 fully saturated rings. The van der Waals surface area contributed by atoms with Crippen LogP contribution in [-0.2, 0) is 6.42 Å². The lowest BCUT2D eigenvalue weighted by Gasteiger charge is -2.01. The van der Waals surface area contributed by atoms with Crippen molar-refractivity contribution in [3.63, 3.8) is 0 Å². The average molecular weight is 309 g/mol. The summed E-state index contributed by atoms with van der Waals surface area (Å²) in [6, 6.07) is 9.68. The van der Waals surface area contributed by atoms with Gasteiger partial charge in [-0.2, -0.15) is 0 Å². The van der Waals surface area contributed by atoms with Crippen molar-refractivity contribution >= 4 is 33.0 Å². The van der Waals surface area contributed by atoms with E-state index in [1.54, 1.807) is 11.3 Å². The fraction of sp³-hybridized carbons (Fsp3) is 0.214. The van der Waals surface area contributed by atoms with Crippen LogP contribution in [0.4, 0.5) is 0 Å². The molecule has 0 bridgehead atoms. The van der Waals surface area contributed by atoms with Crippen LogP contribution in [0.2, 0.25) is 0 Å². The van der Waals surface area contributed by atoms with E-state index in [2.05, 4.69) is 22.9 Å². The molecule has 88 valence electrons. The van der Waals surface area contributed by atoms with Crippen LogP contribution in [0.5, 0.6) is 0 Å². The lowest BCUT2D eigenvalue weighted by molar-refractivity contribution is 0.104. The van der Waals surface area contributed by atoms with Gasteiger partial charge >= 0.3 is 0 Å². The first-order chi connectivity index (χ1) is 8.11. The van der Waals surface area contributed by atoms with E-state index in [4.69, 9.17) is 0 Å². The third kappa shape index (κ3) is 2.67. The van der Waals surface area contributed by atoms with E-state index in [0.717, 1.165) is 26.9 Å². The molecule has 0 aliphatic heterocycles. The van der Waals surface area contributed by atoms with Crippen molar-refractivity contribution in [3.05, 3.63) is 55.7 Å². The summed E-state index contributed by atoms with van der Waals surface area (Å²) >= 11 is 5.04. The van der Waals surface area contributed by atoms with Gasteiger partial charge in [-0.05, 0) is 37.1 Å². The molecular weight excluding hydrogens is 296 g/mol. The number of ketones is 1. The van der Waals surface area contributed by atoms with Gasteiger partial charge in [-0.3, -0.25) is 4.79 Å². The molecule has 2 aromatic rings. The molecular formula is C14H13BrOS. The first-order valence-corrected chi connectivity index (χ1v) is 7.12. The number of halogens is 1. The summed E-state index contributed by atoms with van der Waals surface area (Å²) in [7, 11) is 0. The van der Waals surface area contributed by atoms with Gasteiger partial charge in [0.25, 0.3) is 0 Å². The molecule has 0 amide bonds. The zero-order chi connectivity index (χ0) is 12.4. The summed E-state index contributed by atoms with van der Waals surface area (Å²) < 4.78 is 0.982. The van der Waals surface area contributed by atoms with Crippen molar-refractivity contribution in [1.82, 2.24) is 0 Å². The monoisotopic (exact) mass is 308 g/mol. The molecule has 1 nitrogen and oxygen atoms in total. The standard InChI is InChI=1S/C14H13BrOS/c1-3-11-6-7-13(17-11)14(16)10-5-4-9(2)12(15)8-10/h4-8H,3H2,1-2H3. The zero-order valence-electron chi connectivity index (χ0n) is 9.79. The molecule has 3 heteroatoms. The number of carbonyl (C=O) groups is 1. The molecule has 2 rings (SSSR count). The smallest absolute Gasteiger partial charge is 0.202 e. The molecule has 1 aromatic heterocycles. The highest BCUT2D eigenvalue weighted by Gasteiger charge is 2.12. The van der Waals surface area contributed by atoms with Crippen LogP contribution in [0.1, 0.15) is 32.6 Å². The van der Waals surface area contributed by atoms with E-state index in [9.17, 15) is 4.79 Å². The Labute approximate surface area is 114 Å². The van der Waals surface area contributed by atoms with E-state index in [1.165, 1.54) is 4.88 Å². The molecule has 0 aliphatic carbocycles. The number of rotatable bonds is 3. The average Bonchev–Trinajstić information content (AvgIpc) is 2.80. The largest absolute Gasteiger partial charge is 0.288 e. The predicted molar refractivity (Wildman–Crippen MR) is 76.0 cm³/mol. The number of thiophene rings is 1. The minimum atomic E-state index is 0.107. The van der Waals surface area contributed by atoms with Gasteiger partial charge in [0.15, 0.2) is 0 Å². The molecule has 0 radical (unpaired) electrons. The van der Waals surface area contributed by atoms with E-state index in [0.29, 0.717) is 0 Å². The van der Waals surface area contributed by atoms with Crippen LogP contribution in [-0.4, -0.2) is 5.78 Å². The minimum Gasteiger partial charge on any atom is -0.288 e. The summed E-state index contributed by atoms with van der Waals surface area (Å²) in [6.07, 6.45) is 0.982. The van der Waals surface area contributed by atoms with Crippen LogP contribution >= 0.6 is 27.3 Å². The van der Waals surface area contributed by atoms with Gasteiger partial charge in [-0.25, -0.2) is 0 Å². The fourth-order valence-electron chi connectivity index (χ4n) is 1.57. The fourth-order valence-corrected chi connectivity index (χ4v) is 2.85. The number of benzene rings is 1. The van der Waals surface area contributed by atoms with Gasteiger partial charge in [0.2, 0.25) is 5.78 Å². The zero-order valence-corrected chi connectivity index (χ0v) is 12.2. The van der Waals surface area contributed by atoms with Crippen molar-refractivity contribution in [1.29, 1.82) is 0 Å². The highest BCUT2D eigenvalue weighted by Crippen LogP contribution is 2.23. The van der Waals surface area contributed by atoms with Gasteiger partial charge in [-0.15, -0.1) is 11.3 Å². The molecule has 0 unspecified atom stereocenters. The Hall–Kier alpha value is -0.930. The van der Waals surface area contributed by atoms with E-state index in [1.807, 2.05) is 37.3 Å². The number of hydrogen-bond acceptors (Lipinski definition) is 2. The second kappa shape index (κ2) is 5.15. The normalized spacial score (nSPS) is 10.5. The van der Waals surface area contributed by atoms with Gasteiger partial charge in [0, 0.05) is 14.9 Å². The molecule has 17 heavy (non-hydrogen) atoms. The molecule has 1 heterocycles. The van der Waals surface area contributed by atoms with E-state index in [-0.39, 0.29) is 5.78 Å². The SMILES string of the molecule is CCc1ccc(C(=O)c2ccc(C)c(Br)c2)s1. The topological polar surface area (TPSA) is 17.1 Å². The Morgan fingerprint density at radius 2 is 2.06 bits per heavy atom. The second-order valence-corrected chi connectivity index (χ2v) is 5.94. The number of carbonyl (C=O) groups excluding carboxylic acids is 1. The lowest BCUT2D eigenvalue weighted by atomic mass is 10.1. The van der Waals surface area contributed by atoms with E-state index < -0.39 is 0 Å². The van der Waals surface area contributed by atoms with E-state index >= 15 is 0 Å². The van der Waals surface area contributed by atoms with Crippen molar-refractivity contribution in [2.75, 3.05) is 0 Å². The predicted octanol–water partition coefficient (Wildman–Crippen LogP) is 4.61. The molecule has 0 saturated heterocycles. The lowest BCUT2D eigenvalue weighted by Crippen LogP contribution is -1.98. The minimum absolute atomic E-state index is 0.107. The van der Waals surface area contributed by atoms with Crippen LogP contribution in [0.3, 0.4) is 0 Å². The molecule has 1 aromatic carbocycles. The number of aryl methyl sites for hydroxylation is 2. The summed E-state index contributed by atoms with van der Waals surface area (Å²) in [5, 5.41) is 0. The van der Waals surface area contributed by atoms with Crippen molar-refractivity contribution in [2.24, 2.45) is 0 Å². The quantitative estimate of drug-likeness (QED) is 0.757. The first kappa shape index (κ1) is 12.5. The summed E-state index contributed by atoms with van der Waals surface area (Å²) in [5.41, 5.74) is 1.88. The molecule has 0 N–H and O–H groups in total. The molecule has 0 aliphatic rings. The van der Waals surface area contributed by atoms with Crippen LogP contribution in [0.15, 0.2) is 34.8 Å². The second-order valence-electron chi connectivity index (χ2n) is 3.91. The Kier molecular flexibility index (Phi) is 3.79. The highest BCUT2D eigenvalue weighted by molar-refractivity contribution is 9.10. The van der Waals surface area contributed by atoms with Crippen molar-refractivity contribution < 1.29 is 4.79 Å². The Balaban J connectivity index is 2.33. The molecule has 0 saturated carbocycles.